The quantitative estimate of drug-likeness (QED) is 0.266. The second-order valence-corrected chi connectivity index (χ2v) is 10.3. The van der Waals surface area contributed by atoms with E-state index in [-0.39, 0.29) is 12.1 Å². The van der Waals surface area contributed by atoms with Crippen molar-refractivity contribution in [3.8, 4) is 17.3 Å². The monoisotopic (exact) mass is 531 g/mol. The summed E-state index contributed by atoms with van der Waals surface area (Å²) in [6.07, 6.45) is 2.81. The van der Waals surface area contributed by atoms with Crippen LogP contribution in [0.1, 0.15) is 46.6 Å². The van der Waals surface area contributed by atoms with E-state index in [1.807, 2.05) is 78.0 Å². The van der Waals surface area contributed by atoms with Crippen LogP contribution < -0.4 is 10.1 Å². The number of aromatic nitrogens is 3. The minimum absolute atomic E-state index is 0.173. The van der Waals surface area contributed by atoms with Gasteiger partial charge in [0, 0.05) is 17.4 Å². The number of methoxy groups -OCH3 is 1. The predicted molar refractivity (Wildman–Crippen MR) is 158 cm³/mol. The maximum atomic E-state index is 14.2. The van der Waals surface area contributed by atoms with Crippen LogP contribution in [0.25, 0.3) is 11.5 Å². The summed E-state index contributed by atoms with van der Waals surface area (Å²) >= 11 is 0. The number of rotatable bonds is 5. The third-order valence-electron chi connectivity index (χ3n) is 7.45. The standard InChI is InChI=1S/C33H33N5O2/c1-5-29-28-21-37(33(39)34-25-18-22(2)17-23(3)19-25)31(24-11-9-14-27(20-24)40-4)30-15-10-16-36(30)32(28)38(35-29)26-12-7-6-8-13-26/h6-20,31H,5,21H2,1-4H3,(H,34,39)/t31-/m0/s1. The van der Waals surface area contributed by atoms with E-state index in [9.17, 15) is 4.79 Å². The summed E-state index contributed by atoms with van der Waals surface area (Å²) in [5.41, 5.74) is 7.90. The van der Waals surface area contributed by atoms with Gasteiger partial charge in [-0.05, 0) is 85.5 Å². The number of hydrogen-bond donors (Lipinski definition) is 1. The van der Waals surface area contributed by atoms with Crippen LogP contribution in [0.3, 0.4) is 0 Å². The molecule has 0 aliphatic carbocycles. The molecule has 202 valence electrons. The van der Waals surface area contributed by atoms with Crippen molar-refractivity contribution < 1.29 is 9.53 Å². The fraction of sp³-hybridized carbons (Fsp3) is 0.212. The molecule has 7 heteroatoms. The number of aryl methyl sites for hydroxylation is 3. The zero-order chi connectivity index (χ0) is 27.8. The molecule has 1 atom stereocenters. The van der Waals surface area contributed by atoms with Gasteiger partial charge in [-0.2, -0.15) is 5.10 Å². The highest BCUT2D eigenvalue weighted by atomic mass is 16.5. The molecule has 0 radical (unpaired) electrons. The first-order chi connectivity index (χ1) is 19.5. The summed E-state index contributed by atoms with van der Waals surface area (Å²) in [5, 5.41) is 8.24. The first-order valence-corrected chi connectivity index (χ1v) is 13.6. The average Bonchev–Trinajstić information content (AvgIpc) is 3.54. The molecule has 0 spiro atoms. The van der Waals surface area contributed by atoms with Gasteiger partial charge in [-0.1, -0.05) is 43.3 Å². The molecule has 0 bridgehead atoms. The van der Waals surface area contributed by atoms with Gasteiger partial charge in [0.25, 0.3) is 0 Å². The van der Waals surface area contributed by atoms with Crippen LogP contribution in [0.4, 0.5) is 10.5 Å². The number of ether oxygens (including phenoxy) is 1. The normalized spacial score (nSPS) is 14.3. The fourth-order valence-corrected chi connectivity index (χ4v) is 5.75. The van der Waals surface area contributed by atoms with Gasteiger partial charge < -0.3 is 19.5 Å². The number of carbonyl (C=O) groups excluding carboxylic acids is 1. The molecule has 1 aliphatic rings. The molecular weight excluding hydrogens is 498 g/mol. The molecular formula is C33H33N5O2. The van der Waals surface area contributed by atoms with Crippen LogP contribution in [-0.4, -0.2) is 32.4 Å². The SMILES string of the molecule is CCc1nn(-c2ccccc2)c2c1CN(C(=O)Nc1cc(C)cc(C)c1)[C@@H](c1cccc(OC)c1)c1cccn1-2. The number of para-hydroxylation sites is 1. The van der Waals surface area contributed by atoms with Crippen LogP contribution in [-0.2, 0) is 13.0 Å². The summed E-state index contributed by atoms with van der Waals surface area (Å²) in [6, 6.07) is 27.8. The number of nitrogens with zero attached hydrogens (tertiary/aromatic N) is 4. The van der Waals surface area contributed by atoms with Crippen LogP contribution in [0, 0.1) is 13.8 Å². The van der Waals surface area contributed by atoms with Crippen molar-refractivity contribution in [3.63, 3.8) is 0 Å². The number of fused-ring (bicyclic) bond motifs is 3. The Bertz CT molecular complexity index is 1660. The molecule has 0 fully saturated rings. The highest BCUT2D eigenvalue weighted by molar-refractivity contribution is 5.90. The second-order valence-electron chi connectivity index (χ2n) is 10.3. The van der Waals surface area contributed by atoms with E-state index in [0.717, 1.165) is 63.0 Å². The number of urea groups is 1. The highest BCUT2D eigenvalue weighted by Crippen LogP contribution is 2.39. The molecule has 5 aromatic rings. The molecule has 40 heavy (non-hydrogen) atoms. The topological polar surface area (TPSA) is 64.3 Å². The van der Waals surface area contributed by atoms with Crippen molar-refractivity contribution in [1.29, 1.82) is 0 Å². The number of carbonyl (C=O) groups is 1. The maximum Gasteiger partial charge on any atom is 0.322 e. The molecule has 6 rings (SSSR count). The van der Waals surface area contributed by atoms with Crippen molar-refractivity contribution in [1.82, 2.24) is 19.2 Å². The molecule has 3 aromatic carbocycles. The molecule has 7 nitrogen and oxygen atoms in total. The first kappa shape index (κ1) is 25.5. The Labute approximate surface area is 234 Å². The molecule has 1 N–H and O–H groups in total. The average molecular weight is 532 g/mol. The van der Waals surface area contributed by atoms with E-state index in [1.54, 1.807) is 7.11 Å². The lowest BCUT2D eigenvalue weighted by molar-refractivity contribution is 0.194. The number of hydrogen-bond acceptors (Lipinski definition) is 3. The number of amides is 2. The van der Waals surface area contributed by atoms with E-state index in [1.165, 1.54) is 0 Å². The lowest BCUT2D eigenvalue weighted by atomic mass is 10.0. The third-order valence-corrected chi connectivity index (χ3v) is 7.45. The lowest BCUT2D eigenvalue weighted by Gasteiger charge is -2.31. The van der Waals surface area contributed by atoms with Crippen molar-refractivity contribution in [2.24, 2.45) is 0 Å². The predicted octanol–water partition coefficient (Wildman–Crippen LogP) is 6.99. The van der Waals surface area contributed by atoms with Gasteiger partial charge in [0.15, 0.2) is 0 Å². The Morgan fingerprint density at radius 1 is 0.975 bits per heavy atom. The van der Waals surface area contributed by atoms with Gasteiger partial charge in [-0.3, -0.25) is 0 Å². The molecule has 1 aliphatic heterocycles. The van der Waals surface area contributed by atoms with Gasteiger partial charge >= 0.3 is 6.03 Å². The second kappa shape index (κ2) is 10.4. The van der Waals surface area contributed by atoms with E-state index >= 15 is 0 Å². The van der Waals surface area contributed by atoms with Crippen LogP contribution >= 0.6 is 0 Å². The Morgan fingerprint density at radius 3 is 2.48 bits per heavy atom. The first-order valence-electron chi connectivity index (χ1n) is 13.6. The lowest BCUT2D eigenvalue weighted by Crippen LogP contribution is -2.38. The van der Waals surface area contributed by atoms with E-state index in [0.29, 0.717) is 6.54 Å². The Hall–Kier alpha value is -4.78. The Kier molecular flexibility index (Phi) is 6.64. The summed E-state index contributed by atoms with van der Waals surface area (Å²) < 4.78 is 9.77. The molecule has 0 unspecified atom stereocenters. The van der Waals surface area contributed by atoms with E-state index < -0.39 is 0 Å². The molecule has 0 saturated heterocycles. The number of anilines is 1. The third kappa shape index (κ3) is 4.53. The summed E-state index contributed by atoms with van der Waals surface area (Å²) in [6.45, 7) is 6.58. The zero-order valence-electron chi connectivity index (χ0n) is 23.3. The fourth-order valence-electron chi connectivity index (χ4n) is 5.75. The number of nitrogens with one attached hydrogen (secondary N) is 1. The summed E-state index contributed by atoms with van der Waals surface area (Å²) in [5.74, 6) is 1.70. The van der Waals surface area contributed by atoms with Crippen LogP contribution in [0.2, 0.25) is 0 Å². The van der Waals surface area contributed by atoms with Crippen LogP contribution in [0.15, 0.2) is 91.1 Å². The van der Waals surface area contributed by atoms with Gasteiger partial charge in [0.2, 0.25) is 0 Å². The van der Waals surface area contributed by atoms with Crippen molar-refractivity contribution >= 4 is 11.7 Å². The largest absolute Gasteiger partial charge is 0.497 e. The van der Waals surface area contributed by atoms with E-state index in [2.05, 4.69) is 53.3 Å². The van der Waals surface area contributed by atoms with Gasteiger partial charge in [0.05, 0.1) is 36.8 Å². The van der Waals surface area contributed by atoms with Crippen LogP contribution in [0.5, 0.6) is 5.75 Å². The van der Waals surface area contributed by atoms with E-state index in [4.69, 9.17) is 9.84 Å². The van der Waals surface area contributed by atoms with Gasteiger partial charge in [-0.25, -0.2) is 9.48 Å². The van der Waals surface area contributed by atoms with Crippen molar-refractivity contribution in [2.45, 2.75) is 39.8 Å². The molecule has 3 heterocycles. The molecule has 2 aromatic heterocycles. The van der Waals surface area contributed by atoms with Crippen molar-refractivity contribution in [3.05, 3.63) is 125 Å². The summed E-state index contributed by atoms with van der Waals surface area (Å²) in [4.78, 5) is 16.2. The summed E-state index contributed by atoms with van der Waals surface area (Å²) in [7, 11) is 1.66. The van der Waals surface area contributed by atoms with Gasteiger partial charge in [0.1, 0.15) is 11.6 Å². The number of benzene rings is 3. The molecule has 0 saturated carbocycles. The zero-order valence-corrected chi connectivity index (χ0v) is 23.3. The Morgan fingerprint density at radius 2 is 1.75 bits per heavy atom. The smallest absolute Gasteiger partial charge is 0.322 e. The minimum atomic E-state index is -0.364. The highest BCUT2D eigenvalue weighted by Gasteiger charge is 2.36. The Balaban J connectivity index is 1.55. The maximum absolute atomic E-state index is 14.2. The molecule has 2 amide bonds. The minimum Gasteiger partial charge on any atom is -0.497 e. The van der Waals surface area contributed by atoms with Crippen molar-refractivity contribution in [2.75, 3.05) is 12.4 Å². The van der Waals surface area contributed by atoms with Gasteiger partial charge in [-0.15, -0.1) is 0 Å².